The Bertz CT molecular complexity index is 707. The fraction of sp³-hybridized carbons (Fsp3) is 0.0667. The van der Waals surface area contributed by atoms with Crippen LogP contribution in [0.2, 0.25) is 5.02 Å². The normalized spacial score (nSPS) is 13.0. The lowest BCUT2D eigenvalue weighted by atomic mass is 9.98. The van der Waals surface area contributed by atoms with Crippen molar-refractivity contribution < 1.29 is 4.92 Å². The molecule has 19 heavy (non-hydrogen) atoms. The first-order chi connectivity index (χ1) is 9.16. The number of allylic oxidation sites excluding steroid dienone is 1. The van der Waals surface area contributed by atoms with Gasteiger partial charge in [0.1, 0.15) is 0 Å². The molecule has 0 amide bonds. The number of nitro groups is 1. The Balaban J connectivity index is 2.17. The van der Waals surface area contributed by atoms with E-state index in [1.54, 1.807) is 12.1 Å². The Kier molecular flexibility index (Phi) is 2.84. The van der Waals surface area contributed by atoms with Gasteiger partial charge in [0.2, 0.25) is 0 Å². The minimum Gasteiger partial charge on any atom is -0.258 e. The summed E-state index contributed by atoms with van der Waals surface area (Å²) in [7, 11) is 0. The second kappa shape index (κ2) is 4.52. The molecule has 0 atom stereocenters. The molecule has 94 valence electrons. The van der Waals surface area contributed by atoms with Gasteiger partial charge in [-0.05, 0) is 35.3 Å². The highest BCUT2D eigenvalue weighted by Gasteiger charge is 2.22. The molecule has 2 aromatic rings. The Labute approximate surface area is 115 Å². The fourth-order valence-corrected chi connectivity index (χ4v) is 2.59. The predicted octanol–water partition coefficient (Wildman–Crippen LogP) is 4.24. The molecule has 0 radical (unpaired) electrons. The van der Waals surface area contributed by atoms with Crippen molar-refractivity contribution in [2.45, 2.75) is 6.42 Å². The predicted molar refractivity (Wildman–Crippen MR) is 75.3 cm³/mol. The third kappa shape index (κ3) is 2.02. The van der Waals surface area contributed by atoms with Crippen molar-refractivity contribution in [3.8, 4) is 0 Å². The lowest BCUT2D eigenvalue weighted by molar-refractivity contribution is -0.385. The van der Waals surface area contributed by atoms with Gasteiger partial charge in [0.05, 0.1) is 10.5 Å². The standard InChI is InChI=1S/C15H10ClNO2/c16-11-6-8-14(15(9-11)17(18)19)13-7-5-10-3-1-2-4-12(10)13/h1-4,6-9H,5H2. The molecule has 3 rings (SSSR count). The van der Waals surface area contributed by atoms with Crippen LogP contribution in [0.3, 0.4) is 0 Å². The van der Waals surface area contributed by atoms with Crippen LogP contribution < -0.4 is 0 Å². The van der Waals surface area contributed by atoms with Crippen LogP contribution in [-0.2, 0) is 6.42 Å². The van der Waals surface area contributed by atoms with E-state index in [0.29, 0.717) is 10.6 Å². The smallest absolute Gasteiger partial charge is 0.258 e. The van der Waals surface area contributed by atoms with Gasteiger partial charge in [-0.3, -0.25) is 10.1 Å². The molecule has 3 nitrogen and oxygen atoms in total. The summed E-state index contributed by atoms with van der Waals surface area (Å²) in [6.07, 6.45) is 2.84. The first kappa shape index (κ1) is 11.9. The van der Waals surface area contributed by atoms with Crippen LogP contribution in [0.15, 0.2) is 48.5 Å². The topological polar surface area (TPSA) is 43.1 Å². The molecule has 0 saturated carbocycles. The largest absolute Gasteiger partial charge is 0.278 e. The van der Waals surface area contributed by atoms with Crippen molar-refractivity contribution >= 4 is 22.9 Å². The van der Waals surface area contributed by atoms with Gasteiger partial charge in [-0.2, -0.15) is 0 Å². The average molecular weight is 272 g/mol. The summed E-state index contributed by atoms with van der Waals surface area (Å²) < 4.78 is 0. The summed E-state index contributed by atoms with van der Waals surface area (Å²) >= 11 is 5.84. The second-order valence-corrected chi connectivity index (χ2v) is 4.83. The maximum Gasteiger partial charge on any atom is 0.278 e. The molecule has 0 bridgehead atoms. The van der Waals surface area contributed by atoms with E-state index < -0.39 is 0 Å². The van der Waals surface area contributed by atoms with Gasteiger partial charge in [-0.1, -0.05) is 41.9 Å². The first-order valence-electron chi connectivity index (χ1n) is 5.89. The molecule has 0 unspecified atom stereocenters. The zero-order valence-corrected chi connectivity index (χ0v) is 10.7. The monoisotopic (exact) mass is 271 g/mol. The lowest BCUT2D eigenvalue weighted by Crippen LogP contribution is -1.95. The number of benzene rings is 2. The summed E-state index contributed by atoms with van der Waals surface area (Å²) in [4.78, 5) is 10.8. The minimum absolute atomic E-state index is 0.0513. The van der Waals surface area contributed by atoms with E-state index in [-0.39, 0.29) is 10.6 Å². The quantitative estimate of drug-likeness (QED) is 0.606. The van der Waals surface area contributed by atoms with Gasteiger partial charge in [0, 0.05) is 11.1 Å². The van der Waals surface area contributed by atoms with E-state index in [9.17, 15) is 10.1 Å². The minimum atomic E-state index is -0.386. The van der Waals surface area contributed by atoms with Crippen LogP contribution >= 0.6 is 11.6 Å². The molecule has 0 aromatic heterocycles. The highest BCUT2D eigenvalue weighted by atomic mass is 35.5. The number of hydrogen-bond donors (Lipinski definition) is 0. The molecule has 1 aliphatic rings. The highest BCUT2D eigenvalue weighted by Crippen LogP contribution is 2.37. The van der Waals surface area contributed by atoms with Gasteiger partial charge in [0.25, 0.3) is 5.69 Å². The molecule has 4 heteroatoms. The van der Waals surface area contributed by atoms with Crippen molar-refractivity contribution in [2.75, 3.05) is 0 Å². The van der Waals surface area contributed by atoms with Crippen LogP contribution in [0.1, 0.15) is 16.7 Å². The maximum atomic E-state index is 11.2. The molecule has 1 aliphatic carbocycles. The van der Waals surface area contributed by atoms with E-state index >= 15 is 0 Å². The van der Waals surface area contributed by atoms with Crippen molar-refractivity contribution in [3.05, 3.63) is 80.4 Å². The van der Waals surface area contributed by atoms with Crippen LogP contribution in [0, 0.1) is 10.1 Å². The Hall–Kier alpha value is -2.13. The van der Waals surface area contributed by atoms with Gasteiger partial charge >= 0.3 is 0 Å². The van der Waals surface area contributed by atoms with Crippen molar-refractivity contribution in [3.63, 3.8) is 0 Å². The van der Waals surface area contributed by atoms with Crippen LogP contribution in [0.25, 0.3) is 5.57 Å². The molecule has 0 aliphatic heterocycles. The summed E-state index contributed by atoms with van der Waals surface area (Å²) in [5, 5.41) is 11.5. The molecule has 0 spiro atoms. The zero-order chi connectivity index (χ0) is 13.4. The Morgan fingerprint density at radius 1 is 1.11 bits per heavy atom. The summed E-state index contributed by atoms with van der Waals surface area (Å²) in [6, 6.07) is 12.8. The third-order valence-corrected chi connectivity index (χ3v) is 3.52. The van der Waals surface area contributed by atoms with Gasteiger partial charge in [0.15, 0.2) is 0 Å². The number of rotatable bonds is 2. The summed E-state index contributed by atoms with van der Waals surface area (Å²) in [5.41, 5.74) is 3.85. The molecule has 0 saturated heterocycles. The average Bonchev–Trinajstić information content (AvgIpc) is 2.82. The van der Waals surface area contributed by atoms with Crippen molar-refractivity contribution in [2.24, 2.45) is 0 Å². The number of fused-ring (bicyclic) bond motifs is 1. The van der Waals surface area contributed by atoms with Gasteiger partial charge < -0.3 is 0 Å². The summed E-state index contributed by atoms with van der Waals surface area (Å²) in [5.74, 6) is 0. The Morgan fingerprint density at radius 2 is 1.89 bits per heavy atom. The third-order valence-electron chi connectivity index (χ3n) is 3.28. The van der Waals surface area contributed by atoms with Gasteiger partial charge in [-0.25, -0.2) is 0 Å². The number of hydrogen-bond acceptors (Lipinski definition) is 2. The maximum absolute atomic E-state index is 11.2. The number of halogens is 1. The van der Waals surface area contributed by atoms with E-state index in [0.717, 1.165) is 17.6 Å². The molecule has 0 fully saturated rings. The van der Waals surface area contributed by atoms with E-state index in [2.05, 4.69) is 0 Å². The van der Waals surface area contributed by atoms with E-state index in [4.69, 9.17) is 11.6 Å². The molecule has 2 aromatic carbocycles. The number of nitrogens with zero attached hydrogens (tertiary/aromatic N) is 1. The van der Waals surface area contributed by atoms with E-state index in [1.165, 1.54) is 11.6 Å². The second-order valence-electron chi connectivity index (χ2n) is 4.40. The highest BCUT2D eigenvalue weighted by molar-refractivity contribution is 6.30. The van der Waals surface area contributed by atoms with Crippen molar-refractivity contribution in [1.29, 1.82) is 0 Å². The SMILES string of the molecule is O=[N+]([O-])c1cc(Cl)ccc1C1=CCc2ccccc21. The van der Waals surface area contributed by atoms with Crippen LogP contribution in [0.5, 0.6) is 0 Å². The van der Waals surface area contributed by atoms with Crippen molar-refractivity contribution in [1.82, 2.24) is 0 Å². The summed E-state index contributed by atoms with van der Waals surface area (Å²) in [6.45, 7) is 0. The van der Waals surface area contributed by atoms with Gasteiger partial charge in [-0.15, -0.1) is 0 Å². The van der Waals surface area contributed by atoms with E-state index in [1.807, 2.05) is 30.3 Å². The molecular formula is C15H10ClNO2. The zero-order valence-electron chi connectivity index (χ0n) is 9.97. The van der Waals surface area contributed by atoms with Crippen LogP contribution in [-0.4, -0.2) is 4.92 Å². The first-order valence-corrected chi connectivity index (χ1v) is 6.27. The molecule has 0 N–H and O–H groups in total. The fourth-order valence-electron chi connectivity index (χ4n) is 2.42. The number of nitro benzene ring substituents is 1. The molecular weight excluding hydrogens is 262 g/mol. The van der Waals surface area contributed by atoms with Crippen LogP contribution in [0.4, 0.5) is 5.69 Å². The Morgan fingerprint density at radius 3 is 2.68 bits per heavy atom. The lowest BCUT2D eigenvalue weighted by Gasteiger charge is -2.07. The molecule has 0 heterocycles.